The monoisotopic (exact) mass is 553 g/mol. The fraction of sp³-hybridized carbons (Fsp3) is 0.182. The highest BCUT2D eigenvalue weighted by Gasteiger charge is 2.38. The van der Waals surface area contributed by atoms with E-state index in [2.05, 4.69) is 30.2 Å². The van der Waals surface area contributed by atoms with Crippen molar-refractivity contribution in [2.45, 2.75) is 26.1 Å². The molecule has 0 aliphatic carbocycles. The van der Waals surface area contributed by atoms with Crippen LogP contribution in [0.4, 0.5) is 27.8 Å². The molecule has 1 aromatic carbocycles. The molecule has 0 saturated heterocycles. The Kier molecular flexibility index (Phi) is 7.08. The zero-order valence-electron chi connectivity index (χ0n) is 19.3. The molecule has 0 aliphatic rings. The van der Waals surface area contributed by atoms with E-state index in [0.29, 0.717) is 27.6 Å². The summed E-state index contributed by atoms with van der Waals surface area (Å²) in [5.41, 5.74) is 1.37. The van der Waals surface area contributed by atoms with Crippen LogP contribution in [0.3, 0.4) is 0 Å². The number of fused-ring (bicyclic) bond motifs is 2. The van der Waals surface area contributed by atoms with Gasteiger partial charge in [-0.2, -0.15) is 13.2 Å². The number of carboxylic acids is 1. The maximum absolute atomic E-state index is 14.7. The molecule has 0 spiro atoms. The Hall–Kier alpha value is -4.47. The molecular formula is C22H16F5N7O3S. The Balaban J connectivity index is 0.000000426. The number of aliphatic carboxylic acids is 1. The molecule has 0 bridgehead atoms. The molecule has 10 nitrogen and oxygen atoms in total. The number of nitrogens with zero attached hydrogens (tertiary/aromatic N) is 5. The van der Waals surface area contributed by atoms with E-state index in [9.17, 15) is 26.7 Å². The summed E-state index contributed by atoms with van der Waals surface area (Å²) in [5.74, 6) is -4.47. The van der Waals surface area contributed by atoms with E-state index in [1.807, 2.05) is 0 Å². The summed E-state index contributed by atoms with van der Waals surface area (Å²) < 4.78 is 61.9. The van der Waals surface area contributed by atoms with Crippen LogP contribution in [-0.4, -0.2) is 46.6 Å². The largest absolute Gasteiger partial charge is 0.490 e. The van der Waals surface area contributed by atoms with Gasteiger partial charge in [0.05, 0.1) is 23.6 Å². The molecule has 198 valence electrons. The lowest BCUT2D eigenvalue weighted by Crippen LogP contribution is -2.23. The number of imidazole rings is 1. The summed E-state index contributed by atoms with van der Waals surface area (Å²) >= 11 is 1.29. The number of hydrogen-bond donors (Lipinski definition) is 3. The van der Waals surface area contributed by atoms with Crippen molar-refractivity contribution >= 4 is 39.2 Å². The molecule has 1 atom stereocenters. The predicted molar refractivity (Wildman–Crippen MR) is 127 cm³/mol. The summed E-state index contributed by atoms with van der Waals surface area (Å²) in [6.07, 6.45) is -2.22. The molecule has 4 heterocycles. The fourth-order valence-electron chi connectivity index (χ4n) is 3.51. The van der Waals surface area contributed by atoms with Crippen LogP contribution in [0.5, 0.6) is 0 Å². The number of nitrogens with one attached hydrogen (secondary N) is 2. The molecule has 0 fully saturated rings. The van der Waals surface area contributed by atoms with E-state index >= 15 is 0 Å². The second-order valence-corrected chi connectivity index (χ2v) is 8.60. The van der Waals surface area contributed by atoms with Crippen LogP contribution in [-0.2, 0) is 4.79 Å². The van der Waals surface area contributed by atoms with Crippen molar-refractivity contribution in [1.29, 1.82) is 0 Å². The maximum Gasteiger partial charge on any atom is 0.490 e. The molecule has 5 rings (SSSR count). The van der Waals surface area contributed by atoms with Crippen molar-refractivity contribution in [3.05, 3.63) is 69.6 Å². The minimum Gasteiger partial charge on any atom is -0.475 e. The molecule has 16 heteroatoms. The van der Waals surface area contributed by atoms with Crippen LogP contribution in [0.15, 0.2) is 41.0 Å². The van der Waals surface area contributed by atoms with Crippen molar-refractivity contribution in [1.82, 2.24) is 29.3 Å². The summed E-state index contributed by atoms with van der Waals surface area (Å²) in [5, 5.41) is 12.1. The first-order chi connectivity index (χ1) is 17.9. The highest BCUT2D eigenvalue weighted by atomic mass is 32.1. The summed E-state index contributed by atoms with van der Waals surface area (Å²) in [4.78, 5) is 42.8. The smallest absolute Gasteiger partial charge is 0.475 e. The number of alkyl halides is 3. The minimum absolute atomic E-state index is 0.0108. The number of H-pyrrole nitrogens is 1. The van der Waals surface area contributed by atoms with E-state index in [1.54, 1.807) is 19.2 Å². The molecule has 0 aliphatic heterocycles. The molecule has 0 saturated carbocycles. The van der Waals surface area contributed by atoms with Crippen LogP contribution < -0.4 is 10.9 Å². The van der Waals surface area contributed by atoms with Gasteiger partial charge >= 0.3 is 12.1 Å². The lowest BCUT2D eigenvalue weighted by Gasteiger charge is -2.18. The average molecular weight is 553 g/mol. The first kappa shape index (κ1) is 26.6. The normalized spacial score (nSPS) is 12.3. The van der Waals surface area contributed by atoms with E-state index in [1.165, 1.54) is 40.5 Å². The maximum atomic E-state index is 14.7. The SMILES string of the molecule is Cc1csc2nc(C(C)Nc3ncnc4[nH]cnc34)c(-c3cccc(F)c3F)c(=O)n12.O=C(O)C(F)(F)F. The highest BCUT2D eigenvalue weighted by molar-refractivity contribution is 7.15. The zero-order valence-corrected chi connectivity index (χ0v) is 20.2. The van der Waals surface area contributed by atoms with Gasteiger partial charge in [-0.3, -0.25) is 9.20 Å². The number of benzene rings is 1. The number of carboxylic acid groups (broad SMARTS) is 1. The van der Waals surface area contributed by atoms with Gasteiger partial charge in [0.15, 0.2) is 28.1 Å². The Morgan fingerprint density at radius 2 is 1.92 bits per heavy atom. The van der Waals surface area contributed by atoms with Crippen LogP contribution in [0.1, 0.15) is 24.4 Å². The number of rotatable bonds is 4. The van der Waals surface area contributed by atoms with Gasteiger partial charge < -0.3 is 15.4 Å². The Morgan fingerprint density at radius 1 is 1.21 bits per heavy atom. The fourth-order valence-corrected chi connectivity index (χ4v) is 4.37. The molecule has 1 unspecified atom stereocenters. The van der Waals surface area contributed by atoms with Crippen LogP contribution in [0.25, 0.3) is 27.3 Å². The third kappa shape index (κ3) is 5.02. The molecular weight excluding hydrogens is 537 g/mol. The summed E-state index contributed by atoms with van der Waals surface area (Å²) in [6, 6.07) is 3.17. The number of anilines is 1. The number of thiazole rings is 1. The second kappa shape index (κ2) is 10.1. The Morgan fingerprint density at radius 3 is 2.61 bits per heavy atom. The molecule has 3 N–H and O–H groups in total. The Labute approximate surface area is 212 Å². The molecule has 0 radical (unpaired) electrons. The number of aryl methyl sites for hydroxylation is 1. The van der Waals surface area contributed by atoms with Gasteiger partial charge in [-0.05, 0) is 19.9 Å². The lowest BCUT2D eigenvalue weighted by atomic mass is 10.0. The van der Waals surface area contributed by atoms with Crippen LogP contribution in [0.2, 0.25) is 0 Å². The number of halogens is 5. The number of aromatic amines is 1. The van der Waals surface area contributed by atoms with Gasteiger partial charge in [0, 0.05) is 16.6 Å². The van der Waals surface area contributed by atoms with E-state index in [0.717, 1.165) is 6.07 Å². The van der Waals surface area contributed by atoms with Gasteiger partial charge in [-0.1, -0.05) is 12.1 Å². The van der Waals surface area contributed by atoms with Gasteiger partial charge in [-0.25, -0.2) is 33.5 Å². The molecule has 4 aromatic heterocycles. The first-order valence-electron chi connectivity index (χ1n) is 10.6. The molecule has 38 heavy (non-hydrogen) atoms. The van der Waals surface area contributed by atoms with E-state index in [-0.39, 0.29) is 16.8 Å². The van der Waals surface area contributed by atoms with Crippen molar-refractivity contribution in [2.75, 3.05) is 5.32 Å². The summed E-state index contributed by atoms with van der Waals surface area (Å²) in [6.45, 7) is 3.52. The van der Waals surface area contributed by atoms with E-state index < -0.39 is 35.4 Å². The number of aromatic nitrogens is 6. The third-order valence-corrected chi connectivity index (χ3v) is 6.16. The minimum atomic E-state index is -5.08. The lowest BCUT2D eigenvalue weighted by molar-refractivity contribution is -0.192. The van der Waals surface area contributed by atoms with E-state index in [4.69, 9.17) is 9.90 Å². The molecule has 5 aromatic rings. The Bertz CT molecular complexity index is 1710. The number of hydrogen-bond acceptors (Lipinski definition) is 8. The van der Waals surface area contributed by atoms with Gasteiger partial charge in [0.2, 0.25) is 0 Å². The summed E-state index contributed by atoms with van der Waals surface area (Å²) in [7, 11) is 0. The van der Waals surface area contributed by atoms with Gasteiger partial charge in [-0.15, -0.1) is 11.3 Å². The van der Waals surface area contributed by atoms with Crippen LogP contribution >= 0.6 is 11.3 Å². The zero-order chi connectivity index (χ0) is 27.8. The van der Waals surface area contributed by atoms with Crippen molar-refractivity contribution < 1.29 is 31.9 Å². The van der Waals surface area contributed by atoms with Crippen molar-refractivity contribution in [3.8, 4) is 11.1 Å². The van der Waals surface area contributed by atoms with Crippen molar-refractivity contribution in [2.24, 2.45) is 0 Å². The average Bonchev–Trinajstić information content (AvgIpc) is 3.48. The third-order valence-electron chi connectivity index (χ3n) is 5.21. The number of carbonyl (C=O) groups is 1. The van der Waals surface area contributed by atoms with Crippen LogP contribution in [0, 0.1) is 18.6 Å². The molecule has 0 amide bonds. The quantitative estimate of drug-likeness (QED) is 0.277. The van der Waals surface area contributed by atoms with Gasteiger partial charge in [0.1, 0.15) is 11.8 Å². The highest BCUT2D eigenvalue weighted by Crippen LogP contribution is 2.31. The second-order valence-electron chi connectivity index (χ2n) is 7.76. The predicted octanol–water partition coefficient (Wildman–Crippen LogP) is 4.48. The van der Waals surface area contributed by atoms with Crippen molar-refractivity contribution in [3.63, 3.8) is 0 Å². The topological polar surface area (TPSA) is 138 Å². The first-order valence-corrected chi connectivity index (χ1v) is 11.4. The standard InChI is InChI=1S/C20H15F2N7OS.C2HF3O2/c1-9-6-31-20-28-15(10(2)27-18-16-17(24-7-23-16)25-8-26-18)13(19(30)29(9)20)11-4-3-5-12(21)14(11)22;3-2(4,5)1(6)7/h3-8,10H,1-2H3,(H2,23,24,25,26,27);(H,6,7). The van der Waals surface area contributed by atoms with Gasteiger partial charge in [0.25, 0.3) is 5.56 Å².